The van der Waals surface area contributed by atoms with E-state index in [0.29, 0.717) is 0 Å². The van der Waals surface area contributed by atoms with Gasteiger partial charge in [-0.1, -0.05) is 23.7 Å². The highest BCUT2D eigenvalue weighted by molar-refractivity contribution is 6.33. The van der Waals surface area contributed by atoms with E-state index in [1.54, 1.807) is 0 Å². The van der Waals surface area contributed by atoms with E-state index in [4.69, 9.17) is 11.6 Å². The predicted molar refractivity (Wildman–Crippen MR) is 56.4 cm³/mol. The van der Waals surface area contributed by atoms with Gasteiger partial charge >= 0.3 is 0 Å². The minimum absolute atomic E-state index is 0.754. The first-order chi connectivity index (χ1) is 6.38. The van der Waals surface area contributed by atoms with Crippen LogP contribution >= 0.6 is 11.6 Å². The van der Waals surface area contributed by atoms with Crippen molar-refractivity contribution in [3.8, 4) is 0 Å². The molecule has 2 rings (SSSR count). The van der Waals surface area contributed by atoms with E-state index >= 15 is 0 Å². The highest BCUT2D eigenvalue weighted by Gasteiger charge is 2.12. The summed E-state index contributed by atoms with van der Waals surface area (Å²) in [6.45, 7) is 2.27. The lowest BCUT2D eigenvalue weighted by atomic mass is 10.1. The van der Waals surface area contributed by atoms with Crippen LogP contribution in [0.1, 0.15) is 19.3 Å². The van der Waals surface area contributed by atoms with Crippen molar-refractivity contribution in [3.05, 3.63) is 29.3 Å². The van der Waals surface area contributed by atoms with Crippen LogP contribution < -0.4 is 4.90 Å². The van der Waals surface area contributed by atoms with Crippen molar-refractivity contribution >= 4 is 17.3 Å². The van der Waals surface area contributed by atoms with Crippen LogP contribution in [-0.4, -0.2) is 13.1 Å². The fourth-order valence-corrected chi connectivity index (χ4v) is 2.03. The molecule has 1 aliphatic heterocycles. The van der Waals surface area contributed by atoms with Gasteiger partial charge in [0, 0.05) is 19.2 Å². The van der Waals surface area contributed by atoms with E-state index in [1.807, 2.05) is 12.1 Å². The summed E-state index contributed by atoms with van der Waals surface area (Å²) in [5.74, 6) is 0. The molecule has 0 aromatic heterocycles. The quantitative estimate of drug-likeness (QED) is 0.664. The van der Waals surface area contributed by atoms with E-state index in [0.717, 1.165) is 23.8 Å². The Bertz CT molecular complexity index is 279. The minimum atomic E-state index is 0.754. The molecule has 2 heteroatoms. The zero-order valence-electron chi connectivity index (χ0n) is 7.59. The fourth-order valence-electron chi connectivity index (χ4n) is 1.79. The van der Waals surface area contributed by atoms with Gasteiger partial charge in [-0.2, -0.15) is 0 Å². The van der Waals surface area contributed by atoms with Crippen LogP contribution in [0.15, 0.2) is 18.2 Å². The van der Waals surface area contributed by atoms with E-state index in [1.165, 1.54) is 19.3 Å². The maximum absolute atomic E-state index is 6.06. The van der Waals surface area contributed by atoms with Crippen molar-refractivity contribution in [3.63, 3.8) is 0 Å². The van der Waals surface area contributed by atoms with Crippen molar-refractivity contribution in [2.45, 2.75) is 19.3 Å². The Morgan fingerprint density at radius 3 is 2.69 bits per heavy atom. The SMILES string of the molecule is Clc1[c]cccc1N1CCCCC1. The number of rotatable bonds is 1. The largest absolute Gasteiger partial charge is 0.370 e. The van der Waals surface area contributed by atoms with Crippen molar-refractivity contribution < 1.29 is 0 Å². The summed E-state index contributed by atoms with van der Waals surface area (Å²) in [4.78, 5) is 2.35. The van der Waals surface area contributed by atoms with Crippen molar-refractivity contribution in [1.29, 1.82) is 0 Å². The average Bonchev–Trinajstić information content (AvgIpc) is 2.20. The second-order valence-electron chi connectivity index (χ2n) is 3.42. The summed E-state index contributed by atoms with van der Waals surface area (Å²) >= 11 is 6.06. The van der Waals surface area contributed by atoms with Gasteiger partial charge in [0.2, 0.25) is 0 Å². The standard InChI is InChI=1S/C11H13ClN/c12-10-6-2-3-7-11(10)13-8-4-1-5-9-13/h2-3,7H,1,4-5,8-9H2. The molecule has 0 amide bonds. The Balaban J connectivity index is 2.18. The molecule has 0 saturated carbocycles. The molecular weight excluding hydrogens is 182 g/mol. The molecule has 1 aliphatic rings. The van der Waals surface area contributed by atoms with E-state index in [9.17, 15) is 0 Å². The molecule has 0 spiro atoms. The fraction of sp³-hybridized carbons (Fsp3) is 0.455. The van der Waals surface area contributed by atoms with E-state index in [-0.39, 0.29) is 0 Å². The number of hydrogen-bond acceptors (Lipinski definition) is 1. The average molecular weight is 195 g/mol. The van der Waals surface area contributed by atoms with Crippen LogP contribution in [0.5, 0.6) is 0 Å². The Morgan fingerprint density at radius 2 is 2.00 bits per heavy atom. The highest BCUT2D eigenvalue weighted by atomic mass is 35.5. The van der Waals surface area contributed by atoms with E-state index < -0.39 is 0 Å². The van der Waals surface area contributed by atoms with Gasteiger partial charge in [0.15, 0.2) is 0 Å². The van der Waals surface area contributed by atoms with Crippen LogP contribution in [0.2, 0.25) is 5.02 Å². The van der Waals surface area contributed by atoms with Gasteiger partial charge in [0.25, 0.3) is 0 Å². The Morgan fingerprint density at radius 1 is 1.23 bits per heavy atom. The molecule has 13 heavy (non-hydrogen) atoms. The van der Waals surface area contributed by atoms with Gasteiger partial charge in [0.1, 0.15) is 0 Å². The molecule has 69 valence electrons. The topological polar surface area (TPSA) is 3.24 Å². The summed E-state index contributed by atoms with van der Waals surface area (Å²) in [7, 11) is 0. The third-order valence-corrected chi connectivity index (χ3v) is 2.78. The Labute approximate surface area is 84.3 Å². The lowest BCUT2D eigenvalue weighted by molar-refractivity contribution is 0.578. The summed E-state index contributed by atoms with van der Waals surface area (Å²) in [5, 5.41) is 0.754. The molecule has 0 aliphatic carbocycles. The zero-order valence-corrected chi connectivity index (χ0v) is 8.35. The normalized spacial score (nSPS) is 17.5. The predicted octanol–water partition coefficient (Wildman–Crippen LogP) is 3.13. The second kappa shape index (κ2) is 4.01. The molecule has 1 saturated heterocycles. The third kappa shape index (κ3) is 1.97. The molecule has 1 radical (unpaired) electrons. The summed E-state index contributed by atoms with van der Waals surface area (Å²) in [6, 6.07) is 8.95. The highest BCUT2D eigenvalue weighted by Crippen LogP contribution is 2.26. The molecule has 1 aromatic carbocycles. The molecule has 1 fully saturated rings. The summed E-state index contributed by atoms with van der Waals surface area (Å²) in [5.41, 5.74) is 1.14. The number of benzene rings is 1. The van der Waals surface area contributed by atoms with Gasteiger partial charge in [-0.3, -0.25) is 0 Å². The molecule has 0 bridgehead atoms. The number of hydrogen-bond donors (Lipinski definition) is 0. The zero-order chi connectivity index (χ0) is 9.10. The Hall–Kier alpha value is -0.690. The molecule has 0 atom stereocenters. The summed E-state index contributed by atoms with van der Waals surface area (Å²) in [6.07, 6.45) is 3.92. The number of halogens is 1. The first-order valence-electron chi connectivity index (χ1n) is 4.79. The minimum Gasteiger partial charge on any atom is -0.370 e. The van der Waals surface area contributed by atoms with Crippen molar-refractivity contribution in [1.82, 2.24) is 0 Å². The third-order valence-electron chi connectivity index (χ3n) is 2.48. The molecule has 1 aromatic rings. The lowest BCUT2D eigenvalue weighted by Crippen LogP contribution is -2.29. The molecule has 1 nitrogen and oxygen atoms in total. The van der Waals surface area contributed by atoms with Crippen LogP contribution in [-0.2, 0) is 0 Å². The Kier molecular flexibility index (Phi) is 2.74. The van der Waals surface area contributed by atoms with Gasteiger partial charge in [-0.25, -0.2) is 0 Å². The number of piperidine rings is 1. The van der Waals surface area contributed by atoms with Gasteiger partial charge in [-0.15, -0.1) is 0 Å². The van der Waals surface area contributed by atoms with Crippen LogP contribution in [0.3, 0.4) is 0 Å². The smallest absolute Gasteiger partial charge is 0.0718 e. The van der Waals surface area contributed by atoms with Crippen molar-refractivity contribution in [2.24, 2.45) is 0 Å². The first kappa shape index (κ1) is 8.89. The number of anilines is 1. The maximum Gasteiger partial charge on any atom is 0.0718 e. The van der Waals surface area contributed by atoms with Crippen LogP contribution in [0.4, 0.5) is 5.69 Å². The summed E-state index contributed by atoms with van der Waals surface area (Å²) < 4.78 is 0. The molecule has 1 heterocycles. The monoisotopic (exact) mass is 194 g/mol. The second-order valence-corrected chi connectivity index (χ2v) is 3.80. The van der Waals surface area contributed by atoms with Gasteiger partial charge in [-0.05, 0) is 25.3 Å². The van der Waals surface area contributed by atoms with Crippen LogP contribution in [0, 0.1) is 6.07 Å². The maximum atomic E-state index is 6.06. The van der Waals surface area contributed by atoms with Gasteiger partial charge in [0.05, 0.1) is 10.7 Å². The molecule has 0 N–H and O–H groups in total. The molecule has 0 unspecified atom stereocenters. The number of nitrogens with zero attached hydrogens (tertiary/aromatic N) is 1. The van der Waals surface area contributed by atoms with E-state index in [2.05, 4.69) is 17.0 Å². The lowest BCUT2D eigenvalue weighted by Gasteiger charge is -2.29. The van der Waals surface area contributed by atoms with Gasteiger partial charge < -0.3 is 4.90 Å². The molecular formula is C11H13ClN. The first-order valence-corrected chi connectivity index (χ1v) is 5.17. The van der Waals surface area contributed by atoms with Crippen LogP contribution in [0.25, 0.3) is 0 Å². The van der Waals surface area contributed by atoms with Crippen molar-refractivity contribution in [2.75, 3.05) is 18.0 Å².